The number of rotatable bonds is 4. The zero-order chi connectivity index (χ0) is 13.8. The van der Waals surface area contributed by atoms with Crippen LogP contribution in [0.3, 0.4) is 0 Å². The van der Waals surface area contributed by atoms with Crippen molar-refractivity contribution in [2.24, 2.45) is 11.7 Å². The monoisotopic (exact) mass is 260 g/mol. The van der Waals surface area contributed by atoms with Crippen molar-refractivity contribution in [1.82, 2.24) is 5.32 Å². The third-order valence-electron chi connectivity index (χ3n) is 2.47. The highest BCUT2D eigenvalue weighted by Gasteiger charge is 2.30. The van der Waals surface area contributed by atoms with Crippen LogP contribution >= 0.6 is 0 Å². The van der Waals surface area contributed by atoms with Gasteiger partial charge in [-0.25, -0.2) is 0 Å². The second-order valence-corrected chi connectivity index (χ2v) is 4.13. The number of carbonyl (C=O) groups excluding carboxylic acids is 1. The molecule has 1 unspecified atom stereocenters. The molecule has 0 aromatic heterocycles. The van der Waals surface area contributed by atoms with Gasteiger partial charge in [0.1, 0.15) is 0 Å². The zero-order valence-electron chi connectivity index (χ0n) is 9.92. The molecule has 0 radical (unpaired) electrons. The van der Waals surface area contributed by atoms with Crippen LogP contribution in [-0.2, 0) is 6.18 Å². The molecule has 1 atom stereocenters. The van der Waals surface area contributed by atoms with Crippen LogP contribution in [0.2, 0.25) is 0 Å². The summed E-state index contributed by atoms with van der Waals surface area (Å²) in [6.07, 6.45) is -4.44. The van der Waals surface area contributed by atoms with E-state index in [0.717, 1.165) is 12.1 Å². The molecular formula is C12H15F3N2O. The van der Waals surface area contributed by atoms with Gasteiger partial charge in [-0.15, -0.1) is 0 Å². The van der Waals surface area contributed by atoms with Crippen LogP contribution in [0.15, 0.2) is 24.3 Å². The summed E-state index contributed by atoms with van der Waals surface area (Å²) in [4.78, 5) is 11.6. The maximum Gasteiger partial charge on any atom is 0.416 e. The van der Waals surface area contributed by atoms with Crippen molar-refractivity contribution < 1.29 is 18.0 Å². The molecule has 100 valence electrons. The lowest BCUT2D eigenvalue weighted by Crippen LogP contribution is -2.31. The van der Waals surface area contributed by atoms with Gasteiger partial charge in [0, 0.05) is 12.1 Å². The van der Waals surface area contributed by atoms with Crippen LogP contribution in [0.4, 0.5) is 13.2 Å². The molecule has 0 saturated carbocycles. The van der Waals surface area contributed by atoms with E-state index in [0.29, 0.717) is 13.1 Å². The molecule has 3 nitrogen and oxygen atoms in total. The lowest BCUT2D eigenvalue weighted by molar-refractivity contribution is -0.137. The molecule has 0 aliphatic carbocycles. The Morgan fingerprint density at radius 3 is 2.67 bits per heavy atom. The number of benzene rings is 1. The molecule has 1 aromatic rings. The minimum Gasteiger partial charge on any atom is -0.352 e. The minimum atomic E-state index is -4.44. The fourth-order valence-electron chi connectivity index (χ4n) is 1.29. The molecule has 1 rings (SSSR count). The topological polar surface area (TPSA) is 55.1 Å². The Hall–Kier alpha value is -1.56. The van der Waals surface area contributed by atoms with Crippen LogP contribution < -0.4 is 11.1 Å². The molecule has 3 N–H and O–H groups in total. The van der Waals surface area contributed by atoms with Crippen LogP contribution in [0.5, 0.6) is 0 Å². The summed E-state index contributed by atoms with van der Waals surface area (Å²) in [7, 11) is 0. The van der Waals surface area contributed by atoms with Gasteiger partial charge < -0.3 is 11.1 Å². The van der Waals surface area contributed by atoms with Crippen molar-refractivity contribution >= 4 is 5.91 Å². The molecule has 6 heteroatoms. The number of alkyl halides is 3. The summed E-state index contributed by atoms with van der Waals surface area (Å²) >= 11 is 0. The maximum atomic E-state index is 12.5. The molecule has 0 bridgehead atoms. The van der Waals surface area contributed by atoms with E-state index in [1.54, 1.807) is 0 Å². The lowest BCUT2D eigenvalue weighted by atomic mass is 10.1. The number of hydrogen-bond donors (Lipinski definition) is 2. The quantitative estimate of drug-likeness (QED) is 0.870. The SMILES string of the molecule is CC(CN)CNC(=O)c1cccc(C(F)(F)F)c1. The summed E-state index contributed by atoms with van der Waals surface area (Å²) in [6, 6.07) is 4.32. The summed E-state index contributed by atoms with van der Waals surface area (Å²) in [5, 5.41) is 2.54. The number of amides is 1. The Balaban J connectivity index is 2.75. The van der Waals surface area contributed by atoms with E-state index >= 15 is 0 Å². The second kappa shape index (κ2) is 5.86. The van der Waals surface area contributed by atoms with Crippen molar-refractivity contribution in [3.05, 3.63) is 35.4 Å². The average molecular weight is 260 g/mol. The molecule has 1 aromatic carbocycles. The van der Waals surface area contributed by atoms with Gasteiger partial charge in [-0.05, 0) is 30.7 Å². The Morgan fingerprint density at radius 1 is 1.44 bits per heavy atom. The van der Waals surface area contributed by atoms with Gasteiger partial charge in [0.25, 0.3) is 5.91 Å². The highest BCUT2D eigenvalue weighted by molar-refractivity contribution is 5.94. The zero-order valence-corrected chi connectivity index (χ0v) is 9.92. The Morgan fingerprint density at radius 2 is 2.11 bits per heavy atom. The molecule has 0 fully saturated rings. The van der Waals surface area contributed by atoms with Gasteiger partial charge in [0.2, 0.25) is 0 Å². The number of halogens is 3. The van der Waals surface area contributed by atoms with Gasteiger partial charge in [-0.3, -0.25) is 4.79 Å². The van der Waals surface area contributed by atoms with Gasteiger partial charge in [-0.2, -0.15) is 13.2 Å². The van der Waals surface area contributed by atoms with E-state index in [9.17, 15) is 18.0 Å². The Kier molecular flexibility index (Phi) is 4.72. The van der Waals surface area contributed by atoms with E-state index in [1.807, 2.05) is 6.92 Å². The van der Waals surface area contributed by atoms with Crippen LogP contribution in [0.1, 0.15) is 22.8 Å². The van der Waals surface area contributed by atoms with Crippen molar-refractivity contribution in [2.75, 3.05) is 13.1 Å². The molecule has 0 spiro atoms. The summed E-state index contributed by atoms with van der Waals surface area (Å²) in [6.45, 7) is 2.58. The smallest absolute Gasteiger partial charge is 0.352 e. The van der Waals surface area contributed by atoms with Crippen LogP contribution in [0.25, 0.3) is 0 Å². The summed E-state index contributed by atoms with van der Waals surface area (Å²) < 4.78 is 37.4. The van der Waals surface area contributed by atoms with Crippen LogP contribution in [-0.4, -0.2) is 19.0 Å². The van der Waals surface area contributed by atoms with Crippen LogP contribution in [0, 0.1) is 5.92 Å². The molecule has 0 heterocycles. The van der Waals surface area contributed by atoms with E-state index in [2.05, 4.69) is 5.32 Å². The molecular weight excluding hydrogens is 245 g/mol. The van der Waals surface area contributed by atoms with E-state index in [1.165, 1.54) is 12.1 Å². The van der Waals surface area contributed by atoms with Gasteiger partial charge in [0.05, 0.1) is 5.56 Å². The normalized spacial score (nSPS) is 13.2. The molecule has 0 aliphatic heterocycles. The minimum absolute atomic E-state index is 0.00551. The predicted molar refractivity (Wildman–Crippen MR) is 62.0 cm³/mol. The highest BCUT2D eigenvalue weighted by atomic mass is 19.4. The van der Waals surface area contributed by atoms with Crippen molar-refractivity contribution in [1.29, 1.82) is 0 Å². The first-order chi connectivity index (χ1) is 8.34. The fraction of sp³-hybridized carbons (Fsp3) is 0.417. The van der Waals surface area contributed by atoms with Crippen molar-refractivity contribution in [3.63, 3.8) is 0 Å². The van der Waals surface area contributed by atoms with Gasteiger partial charge in [-0.1, -0.05) is 13.0 Å². The summed E-state index contributed by atoms with van der Waals surface area (Å²) in [5.41, 5.74) is 4.54. The van der Waals surface area contributed by atoms with Crippen molar-refractivity contribution in [2.45, 2.75) is 13.1 Å². The van der Waals surface area contributed by atoms with Gasteiger partial charge in [0.15, 0.2) is 0 Å². The summed E-state index contributed by atoms with van der Waals surface area (Å²) in [5.74, 6) is -0.443. The van der Waals surface area contributed by atoms with Gasteiger partial charge >= 0.3 is 6.18 Å². The Bertz CT molecular complexity index is 418. The van der Waals surface area contributed by atoms with E-state index in [4.69, 9.17) is 5.73 Å². The maximum absolute atomic E-state index is 12.5. The number of nitrogens with two attached hydrogens (primary N) is 1. The third-order valence-corrected chi connectivity index (χ3v) is 2.47. The largest absolute Gasteiger partial charge is 0.416 e. The molecule has 0 saturated heterocycles. The lowest BCUT2D eigenvalue weighted by Gasteiger charge is -2.11. The number of hydrogen-bond acceptors (Lipinski definition) is 2. The standard InChI is InChI=1S/C12H15F3N2O/c1-8(6-16)7-17-11(18)9-3-2-4-10(5-9)12(13,14)15/h2-5,8H,6-7,16H2,1H3,(H,17,18). The third kappa shape index (κ3) is 4.03. The fourth-order valence-corrected chi connectivity index (χ4v) is 1.29. The van der Waals surface area contributed by atoms with E-state index < -0.39 is 17.6 Å². The molecule has 1 amide bonds. The predicted octanol–water partition coefficient (Wildman–Crippen LogP) is 2.03. The first-order valence-electron chi connectivity index (χ1n) is 5.50. The van der Waals surface area contributed by atoms with Crippen molar-refractivity contribution in [3.8, 4) is 0 Å². The molecule has 18 heavy (non-hydrogen) atoms. The average Bonchev–Trinajstić information content (AvgIpc) is 2.34. The Labute approximate surface area is 103 Å². The second-order valence-electron chi connectivity index (χ2n) is 4.13. The first kappa shape index (κ1) is 14.5. The van der Waals surface area contributed by atoms with E-state index in [-0.39, 0.29) is 11.5 Å². The highest BCUT2D eigenvalue weighted by Crippen LogP contribution is 2.29. The first-order valence-corrected chi connectivity index (χ1v) is 5.50. The number of nitrogens with one attached hydrogen (secondary N) is 1. The molecule has 0 aliphatic rings. The number of carbonyl (C=O) groups is 1.